The average molecular weight is 290 g/mol. The Kier molecular flexibility index (Phi) is 4.28. The van der Waals surface area contributed by atoms with E-state index in [0.29, 0.717) is 10.6 Å². The fourth-order valence-electron chi connectivity index (χ4n) is 1.61. The molecule has 1 atom stereocenters. The summed E-state index contributed by atoms with van der Waals surface area (Å²) < 4.78 is 12.7. The van der Waals surface area contributed by atoms with Crippen LogP contribution < -0.4 is 5.32 Å². The lowest BCUT2D eigenvalue weighted by Gasteiger charge is -2.13. The normalized spacial score (nSPS) is 11.4. The minimum Gasteiger partial charge on any atom is -0.332 e. The van der Waals surface area contributed by atoms with Crippen LogP contribution in [0.3, 0.4) is 0 Å². The quantitative estimate of drug-likeness (QED) is 0.884. The molecule has 2 rings (SSSR count). The van der Waals surface area contributed by atoms with Crippen molar-refractivity contribution in [1.29, 1.82) is 5.26 Å². The molecule has 20 heavy (non-hydrogen) atoms. The van der Waals surface area contributed by atoms with Crippen LogP contribution in [-0.2, 0) is 0 Å². The highest BCUT2D eigenvalue weighted by molar-refractivity contribution is 6.31. The summed E-state index contributed by atoms with van der Waals surface area (Å²) in [5, 5.41) is 12.0. The van der Waals surface area contributed by atoms with Crippen molar-refractivity contribution in [2.24, 2.45) is 0 Å². The van der Waals surface area contributed by atoms with Gasteiger partial charge < -0.3 is 5.32 Å². The molecule has 4 nitrogen and oxygen atoms in total. The molecule has 0 saturated heterocycles. The molecule has 0 aliphatic rings. The van der Waals surface area contributed by atoms with E-state index in [1.807, 2.05) is 6.07 Å². The van der Waals surface area contributed by atoms with Crippen LogP contribution in [0.1, 0.15) is 22.0 Å². The molecule has 1 N–H and O–H groups in total. The molecule has 0 radical (unpaired) electrons. The van der Waals surface area contributed by atoms with Crippen molar-refractivity contribution in [3.8, 4) is 6.07 Å². The first-order chi connectivity index (χ1) is 9.61. The lowest BCUT2D eigenvalue weighted by atomic mass is 10.1. The van der Waals surface area contributed by atoms with E-state index in [-0.39, 0.29) is 5.56 Å². The van der Waals surface area contributed by atoms with Gasteiger partial charge in [-0.2, -0.15) is 9.65 Å². The number of rotatable bonds is 3. The van der Waals surface area contributed by atoms with Gasteiger partial charge in [-0.05, 0) is 18.2 Å². The molecule has 0 bridgehead atoms. The summed E-state index contributed by atoms with van der Waals surface area (Å²) in [5.41, 5.74) is 0.666. The maximum absolute atomic E-state index is 12.7. The average Bonchev–Trinajstić information content (AvgIpc) is 2.46. The number of carbonyl (C=O) groups is 1. The van der Waals surface area contributed by atoms with Gasteiger partial charge in [0.25, 0.3) is 5.91 Å². The van der Waals surface area contributed by atoms with Gasteiger partial charge in [-0.25, -0.2) is 4.98 Å². The van der Waals surface area contributed by atoms with Crippen LogP contribution in [0.2, 0.25) is 5.02 Å². The molecule has 1 amide bonds. The zero-order valence-corrected chi connectivity index (χ0v) is 10.9. The number of nitrogens with one attached hydrogen (secondary N) is 1. The van der Waals surface area contributed by atoms with Gasteiger partial charge in [0.1, 0.15) is 6.04 Å². The molecule has 6 heteroatoms. The van der Waals surface area contributed by atoms with Crippen molar-refractivity contribution in [2.45, 2.75) is 6.04 Å². The number of nitrogens with zero attached hydrogens (tertiary/aromatic N) is 2. The summed E-state index contributed by atoms with van der Waals surface area (Å²) >= 11 is 5.98. The number of nitriles is 1. The Morgan fingerprint density at radius 3 is 2.70 bits per heavy atom. The molecule has 2 aromatic rings. The third-order valence-electron chi connectivity index (χ3n) is 2.61. The molecule has 0 aliphatic carbocycles. The van der Waals surface area contributed by atoms with E-state index in [2.05, 4.69) is 10.3 Å². The van der Waals surface area contributed by atoms with Gasteiger partial charge in [0.2, 0.25) is 5.95 Å². The van der Waals surface area contributed by atoms with E-state index in [4.69, 9.17) is 16.9 Å². The monoisotopic (exact) mass is 289 g/mol. The minimum absolute atomic E-state index is 0.165. The summed E-state index contributed by atoms with van der Waals surface area (Å²) in [5.74, 6) is -1.20. The van der Waals surface area contributed by atoms with Gasteiger partial charge in [0.05, 0.1) is 11.6 Å². The number of hydrogen-bond acceptors (Lipinski definition) is 3. The molecule has 1 aromatic heterocycles. The molecule has 0 spiro atoms. The molecule has 0 aliphatic heterocycles. The van der Waals surface area contributed by atoms with Crippen molar-refractivity contribution in [3.05, 3.63) is 64.7 Å². The summed E-state index contributed by atoms with van der Waals surface area (Å²) in [6.07, 6.45) is 1.10. The molecule has 1 aromatic carbocycles. The molecule has 1 unspecified atom stereocenters. The number of amides is 1. The van der Waals surface area contributed by atoms with Crippen LogP contribution in [0.15, 0.2) is 42.6 Å². The zero-order chi connectivity index (χ0) is 14.5. The van der Waals surface area contributed by atoms with E-state index >= 15 is 0 Å². The van der Waals surface area contributed by atoms with Crippen LogP contribution >= 0.6 is 11.6 Å². The highest BCUT2D eigenvalue weighted by Crippen LogP contribution is 2.22. The Balaban J connectivity index is 2.19. The van der Waals surface area contributed by atoms with Crippen LogP contribution in [0, 0.1) is 17.3 Å². The van der Waals surface area contributed by atoms with Gasteiger partial charge in [-0.15, -0.1) is 0 Å². The minimum atomic E-state index is -0.888. The van der Waals surface area contributed by atoms with Crippen LogP contribution in [0.25, 0.3) is 0 Å². The van der Waals surface area contributed by atoms with Gasteiger partial charge in [0, 0.05) is 16.8 Å². The summed E-state index contributed by atoms with van der Waals surface area (Å²) in [4.78, 5) is 15.3. The third-order valence-corrected chi connectivity index (χ3v) is 2.95. The van der Waals surface area contributed by atoms with Gasteiger partial charge in [-0.1, -0.05) is 29.8 Å². The Morgan fingerprint density at radius 1 is 1.35 bits per heavy atom. The first kappa shape index (κ1) is 14.0. The molecular weight excluding hydrogens is 281 g/mol. The lowest BCUT2D eigenvalue weighted by molar-refractivity contribution is 0.0944. The van der Waals surface area contributed by atoms with E-state index in [1.165, 1.54) is 6.07 Å². The number of halogens is 2. The Labute approximate surface area is 119 Å². The summed E-state index contributed by atoms with van der Waals surface area (Å²) in [7, 11) is 0. The standard InChI is InChI=1S/C14H9ClFN3O/c15-11-4-2-1-3-10(11)12(7-17)19-14(20)9-5-6-13(16)18-8-9/h1-6,8,12H,(H,19,20). The number of pyridine rings is 1. The highest BCUT2D eigenvalue weighted by Gasteiger charge is 2.17. The lowest BCUT2D eigenvalue weighted by Crippen LogP contribution is -2.27. The molecular formula is C14H9ClFN3O. The van der Waals surface area contributed by atoms with Crippen molar-refractivity contribution in [1.82, 2.24) is 10.3 Å². The highest BCUT2D eigenvalue weighted by atomic mass is 35.5. The predicted octanol–water partition coefficient (Wildman–Crippen LogP) is 2.87. The second-order valence-electron chi connectivity index (χ2n) is 3.93. The molecule has 0 saturated carbocycles. The van der Waals surface area contributed by atoms with Crippen molar-refractivity contribution in [2.75, 3.05) is 0 Å². The SMILES string of the molecule is N#CC(NC(=O)c1ccc(F)nc1)c1ccccc1Cl. The summed E-state index contributed by atoms with van der Waals surface area (Å²) in [6.45, 7) is 0. The molecule has 0 fully saturated rings. The summed E-state index contributed by atoms with van der Waals surface area (Å²) in [6, 6.07) is 10.2. The largest absolute Gasteiger partial charge is 0.332 e. The van der Waals surface area contributed by atoms with Gasteiger partial charge >= 0.3 is 0 Å². The third kappa shape index (κ3) is 3.11. The molecule has 1 heterocycles. The van der Waals surface area contributed by atoms with Crippen LogP contribution in [-0.4, -0.2) is 10.9 Å². The maximum Gasteiger partial charge on any atom is 0.254 e. The number of carbonyl (C=O) groups excluding carboxylic acids is 1. The fraction of sp³-hybridized carbons (Fsp3) is 0.0714. The first-order valence-electron chi connectivity index (χ1n) is 5.68. The topological polar surface area (TPSA) is 65.8 Å². The molecule has 100 valence electrons. The van der Waals surface area contributed by atoms with E-state index in [9.17, 15) is 9.18 Å². The maximum atomic E-state index is 12.7. The van der Waals surface area contributed by atoms with E-state index in [1.54, 1.807) is 24.3 Å². The van der Waals surface area contributed by atoms with Crippen molar-refractivity contribution < 1.29 is 9.18 Å². The van der Waals surface area contributed by atoms with Crippen molar-refractivity contribution >= 4 is 17.5 Å². The van der Waals surface area contributed by atoms with Crippen LogP contribution in [0.4, 0.5) is 4.39 Å². The van der Waals surface area contributed by atoms with E-state index in [0.717, 1.165) is 12.3 Å². The number of hydrogen-bond donors (Lipinski definition) is 1. The van der Waals surface area contributed by atoms with Crippen molar-refractivity contribution in [3.63, 3.8) is 0 Å². The van der Waals surface area contributed by atoms with Gasteiger partial charge in [-0.3, -0.25) is 4.79 Å². The second-order valence-corrected chi connectivity index (χ2v) is 4.33. The van der Waals surface area contributed by atoms with Crippen LogP contribution in [0.5, 0.6) is 0 Å². The number of aromatic nitrogens is 1. The van der Waals surface area contributed by atoms with E-state index < -0.39 is 17.9 Å². The van der Waals surface area contributed by atoms with Gasteiger partial charge in [0.15, 0.2) is 0 Å². The fourth-order valence-corrected chi connectivity index (χ4v) is 1.86. The Morgan fingerprint density at radius 2 is 2.10 bits per heavy atom. The Hall–Kier alpha value is -2.45. The first-order valence-corrected chi connectivity index (χ1v) is 6.06. The zero-order valence-electron chi connectivity index (χ0n) is 10.2. The Bertz CT molecular complexity index is 667. The second kappa shape index (κ2) is 6.13. The smallest absolute Gasteiger partial charge is 0.254 e. The predicted molar refractivity (Wildman–Crippen MR) is 71.5 cm³/mol. The number of benzene rings is 1.